The van der Waals surface area contributed by atoms with Gasteiger partial charge in [-0.1, -0.05) is 17.7 Å². The van der Waals surface area contributed by atoms with Gasteiger partial charge in [0, 0.05) is 36.4 Å². The zero-order chi connectivity index (χ0) is 19.2. The smallest absolute Gasteiger partial charge is 0.274 e. The van der Waals surface area contributed by atoms with Crippen molar-refractivity contribution < 1.29 is 14.0 Å². The SMILES string of the molecule is O=C(NCc1cccnc1)c1ccnc(C(=O)Nc2ccc(F)c(Cl)c2)c1. The number of rotatable bonds is 5. The van der Waals surface area contributed by atoms with E-state index in [1.54, 1.807) is 18.5 Å². The average Bonchev–Trinajstić information content (AvgIpc) is 2.70. The lowest BCUT2D eigenvalue weighted by atomic mass is 10.2. The van der Waals surface area contributed by atoms with Crippen LogP contribution in [0.2, 0.25) is 5.02 Å². The Hall–Kier alpha value is -3.32. The summed E-state index contributed by atoms with van der Waals surface area (Å²) < 4.78 is 13.2. The lowest BCUT2D eigenvalue weighted by molar-refractivity contribution is 0.0950. The molecule has 1 aromatic carbocycles. The third kappa shape index (κ3) is 4.86. The molecule has 8 heteroatoms. The number of aromatic nitrogens is 2. The first-order valence-corrected chi connectivity index (χ1v) is 8.30. The summed E-state index contributed by atoms with van der Waals surface area (Å²) in [6.45, 7) is 0.310. The van der Waals surface area contributed by atoms with Gasteiger partial charge in [0.15, 0.2) is 0 Å². The lowest BCUT2D eigenvalue weighted by Crippen LogP contribution is -2.23. The number of pyridine rings is 2. The van der Waals surface area contributed by atoms with E-state index in [0.29, 0.717) is 12.2 Å². The fourth-order valence-electron chi connectivity index (χ4n) is 2.25. The van der Waals surface area contributed by atoms with Crippen LogP contribution in [0.5, 0.6) is 0 Å². The molecule has 3 rings (SSSR count). The van der Waals surface area contributed by atoms with E-state index in [2.05, 4.69) is 20.6 Å². The van der Waals surface area contributed by atoms with Crippen molar-refractivity contribution in [3.05, 3.63) is 88.7 Å². The van der Waals surface area contributed by atoms with Gasteiger partial charge >= 0.3 is 0 Å². The number of carbonyl (C=O) groups excluding carboxylic acids is 2. The molecule has 2 heterocycles. The number of hydrogen-bond donors (Lipinski definition) is 2. The molecule has 0 aliphatic carbocycles. The van der Waals surface area contributed by atoms with Crippen molar-refractivity contribution in [2.45, 2.75) is 6.54 Å². The van der Waals surface area contributed by atoms with E-state index < -0.39 is 11.7 Å². The Kier molecular flexibility index (Phi) is 5.73. The second-order valence-electron chi connectivity index (χ2n) is 5.56. The molecular formula is C19H14ClFN4O2. The number of halogens is 2. The summed E-state index contributed by atoms with van der Waals surface area (Å²) in [4.78, 5) is 32.5. The first kappa shape index (κ1) is 18.5. The number of carbonyl (C=O) groups is 2. The monoisotopic (exact) mass is 384 g/mol. The van der Waals surface area contributed by atoms with Crippen molar-refractivity contribution in [3.63, 3.8) is 0 Å². The van der Waals surface area contributed by atoms with Gasteiger partial charge in [-0.25, -0.2) is 4.39 Å². The van der Waals surface area contributed by atoms with Crippen molar-refractivity contribution in [2.24, 2.45) is 0 Å². The lowest BCUT2D eigenvalue weighted by Gasteiger charge is -2.08. The Morgan fingerprint density at radius 1 is 1.07 bits per heavy atom. The van der Waals surface area contributed by atoms with Gasteiger partial charge in [0.1, 0.15) is 11.5 Å². The highest BCUT2D eigenvalue weighted by molar-refractivity contribution is 6.31. The molecule has 0 aliphatic heterocycles. The van der Waals surface area contributed by atoms with E-state index in [9.17, 15) is 14.0 Å². The highest BCUT2D eigenvalue weighted by Crippen LogP contribution is 2.19. The molecule has 6 nitrogen and oxygen atoms in total. The second kappa shape index (κ2) is 8.37. The minimum absolute atomic E-state index is 0.0458. The first-order valence-electron chi connectivity index (χ1n) is 7.92. The highest BCUT2D eigenvalue weighted by atomic mass is 35.5. The first-order chi connectivity index (χ1) is 13.0. The largest absolute Gasteiger partial charge is 0.348 e. The van der Waals surface area contributed by atoms with Gasteiger partial charge < -0.3 is 10.6 Å². The molecule has 2 aromatic heterocycles. The molecule has 0 radical (unpaired) electrons. The summed E-state index contributed by atoms with van der Waals surface area (Å²) in [5, 5.41) is 5.20. The number of anilines is 1. The van der Waals surface area contributed by atoms with E-state index in [1.165, 1.54) is 30.5 Å². The number of benzene rings is 1. The van der Waals surface area contributed by atoms with E-state index >= 15 is 0 Å². The minimum Gasteiger partial charge on any atom is -0.348 e. The molecule has 2 amide bonds. The minimum atomic E-state index is -0.583. The third-order valence-corrected chi connectivity index (χ3v) is 3.90. The summed E-state index contributed by atoms with van der Waals surface area (Å²) in [5.41, 5.74) is 1.51. The highest BCUT2D eigenvalue weighted by Gasteiger charge is 2.13. The summed E-state index contributed by atoms with van der Waals surface area (Å²) in [6.07, 6.45) is 4.67. The van der Waals surface area contributed by atoms with Gasteiger partial charge in [0.2, 0.25) is 0 Å². The number of amides is 2. The maximum absolute atomic E-state index is 13.2. The molecule has 0 saturated heterocycles. The number of hydrogen-bond acceptors (Lipinski definition) is 4. The van der Waals surface area contributed by atoms with Gasteiger partial charge in [-0.3, -0.25) is 19.6 Å². The van der Waals surface area contributed by atoms with Crippen molar-refractivity contribution >= 4 is 29.1 Å². The zero-order valence-electron chi connectivity index (χ0n) is 13.9. The van der Waals surface area contributed by atoms with Crippen molar-refractivity contribution in [1.82, 2.24) is 15.3 Å². The van der Waals surface area contributed by atoms with Crippen LogP contribution in [0.3, 0.4) is 0 Å². The molecule has 3 aromatic rings. The van der Waals surface area contributed by atoms with Crippen LogP contribution in [0.25, 0.3) is 0 Å². The molecule has 0 atom stereocenters. The van der Waals surface area contributed by atoms with Crippen LogP contribution >= 0.6 is 11.6 Å². The molecule has 0 aliphatic rings. The van der Waals surface area contributed by atoms with Gasteiger partial charge in [0.05, 0.1) is 5.02 Å². The van der Waals surface area contributed by atoms with E-state index in [1.807, 2.05) is 6.07 Å². The third-order valence-electron chi connectivity index (χ3n) is 3.61. The van der Waals surface area contributed by atoms with Crippen molar-refractivity contribution in [2.75, 3.05) is 5.32 Å². The van der Waals surface area contributed by atoms with Gasteiger partial charge in [-0.2, -0.15) is 0 Å². The maximum Gasteiger partial charge on any atom is 0.274 e. The Bertz CT molecular complexity index is 982. The van der Waals surface area contributed by atoms with Gasteiger partial charge in [-0.15, -0.1) is 0 Å². The predicted molar refractivity (Wildman–Crippen MR) is 99.0 cm³/mol. The Morgan fingerprint density at radius 2 is 1.93 bits per heavy atom. The van der Waals surface area contributed by atoms with Crippen LogP contribution < -0.4 is 10.6 Å². The van der Waals surface area contributed by atoms with Crippen molar-refractivity contribution in [1.29, 1.82) is 0 Å². The molecule has 0 unspecified atom stereocenters. The molecular weight excluding hydrogens is 371 g/mol. The van der Waals surface area contributed by atoms with Crippen LogP contribution in [-0.2, 0) is 6.54 Å². The summed E-state index contributed by atoms with van der Waals surface area (Å²) in [5.74, 6) is -1.47. The predicted octanol–water partition coefficient (Wildman–Crippen LogP) is 3.45. The normalized spacial score (nSPS) is 10.3. The molecule has 0 spiro atoms. The van der Waals surface area contributed by atoms with Crippen LogP contribution in [0.15, 0.2) is 61.1 Å². The van der Waals surface area contributed by atoms with E-state index in [0.717, 1.165) is 11.6 Å². The van der Waals surface area contributed by atoms with Crippen LogP contribution in [0, 0.1) is 5.82 Å². The fraction of sp³-hybridized carbons (Fsp3) is 0.0526. The van der Waals surface area contributed by atoms with Crippen LogP contribution in [-0.4, -0.2) is 21.8 Å². The molecule has 0 saturated carbocycles. The molecule has 0 bridgehead atoms. The van der Waals surface area contributed by atoms with E-state index in [4.69, 9.17) is 11.6 Å². The van der Waals surface area contributed by atoms with Crippen LogP contribution in [0.1, 0.15) is 26.4 Å². The van der Waals surface area contributed by atoms with E-state index in [-0.39, 0.29) is 22.2 Å². The summed E-state index contributed by atoms with van der Waals surface area (Å²) in [7, 11) is 0. The zero-order valence-corrected chi connectivity index (χ0v) is 14.7. The average molecular weight is 385 g/mol. The molecule has 136 valence electrons. The molecule has 27 heavy (non-hydrogen) atoms. The van der Waals surface area contributed by atoms with Crippen LogP contribution in [0.4, 0.5) is 10.1 Å². The molecule has 0 fully saturated rings. The maximum atomic E-state index is 13.2. The standard InChI is InChI=1S/C19H14ClFN4O2/c20-15-9-14(3-4-16(15)21)25-19(27)17-8-13(5-7-23-17)18(26)24-11-12-2-1-6-22-10-12/h1-10H,11H2,(H,24,26)(H,25,27). The fourth-order valence-corrected chi connectivity index (χ4v) is 2.43. The van der Waals surface area contributed by atoms with Gasteiger partial charge in [-0.05, 0) is 42.0 Å². The number of nitrogens with one attached hydrogen (secondary N) is 2. The quantitative estimate of drug-likeness (QED) is 0.705. The number of nitrogens with zero attached hydrogens (tertiary/aromatic N) is 2. The van der Waals surface area contributed by atoms with Crippen molar-refractivity contribution in [3.8, 4) is 0 Å². The molecule has 2 N–H and O–H groups in total. The topological polar surface area (TPSA) is 84.0 Å². The second-order valence-corrected chi connectivity index (χ2v) is 5.96. The summed E-state index contributed by atoms with van der Waals surface area (Å²) in [6, 6.07) is 10.3. The Labute approximate surface area is 159 Å². The van der Waals surface area contributed by atoms with Gasteiger partial charge in [0.25, 0.3) is 11.8 Å². The Balaban J connectivity index is 1.67. The summed E-state index contributed by atoms with van der Waals surface area (Å²) >= 11 is 5.70. The Morgan fingerprint density at radius 3 is 2.67 bits per heavy atom.